The van der Waals surface area contributed by atoms with Crippen LogP contribution in [0.5, 0.6) is 5.75 Å². The number of hydrogen-bond acceptors (Lipinski definition) is 6. The van der Waals surface area contributed by atoms with Crippen LogP contribution >= 0.6 is 0 Å². The molecule has 1 aromatic carbocycles. The molecule has 2 heterocycles. The zero-order chi connectivity index (χ0) is 22.2. The predicted octanol–water partition coefficient (Wildman–Crippen LogP) is 2.83. The summed E-state index contributed by atoms with van der Waals surface area (Å²) in [6, 6.07) is 5.46. The Hall–Kier alpha value is -2.64. The van der Waals surface area contributed by atoms with Gasteiger partial charge in [-0.3, -0.25) is 9.69 Å². The van der Waals surface area contributed by atoms with Crippen LogP contribution in [0.25, 0.3) is 11.0 Å². The van der Waals surface area contributed by atoms with Crippen LogP contribution in [-0.2, 0) is 16.0 Å². The van der Waals surface area contributed by atoms with Gasteiger partial charge in [0.05, 0.1) is 13.2 Å². The molecule has 1 aliphatic heterocycles. The van der Waals surface area contributed by atoms with Crippen LogP contribution in [0.4, 0.5) is 0 Å². The van der Waals surface area contributed by atoms with Gasteiger partial charge in [0.1, 0.15) is 17.9 Å². The van der Waals surface area contributed by atoms with Gasteiger partial charge in [0, 0.05) is 43.1 Å². The van der Waals surface area contributed by atoms with Crippen LogP contribution in [0.15, 0.2) is 39.6 Å². The highest BCUT2D eigenvalue weighted by Crippen LogP contribution is 2.25. The fourth-order valence-electron chi connectivity index (χ4n) is 3.64. The lowest BCUT2D eigenvalue weighted by molar-refractivity contribution is -0.121. The number of hydrogen-bond donors (Lipinski definition) is 1. The maximum atomic E-state index is 12.5. The summed E-state index contributed by atoms with van der Waals surface area (Å²) in [5, 5.41) is 3.80. The lowest BCUT2D eigenvalue weighted by Gasteiger charge is -2.26. The van der Waals surface area contributed by atoms with Gasteiger partial charge in [-0.1, -0.05) is 6.58 Å². The quantitative estimate of drug-likeness (QED) is 0.356. The number of benzene rings is 1. The SMILES string of the molecule is C=C(C)COc1ccc2c(C)c(CCC(=O)NCCCN3CCOCC3)c(=O)oc2c1. The van der Waals surface area contributed by atoms with Gasteiger partial charge in [-0.05, 0) is 56.5 Å². The smallest absolute Gasteiger partial charge is 0.339 e. The Morgan fingerprint density at radius 2 is 2.06 bits per heavy atom. The van der Waals surface area contributed by atoms with Gasteiger partial charge in [0.2, 0.25) is 5.91 Å². The second-order valence-electron chi connectivity index (χ2n) is 8.05. The van der Waals surface area contributed by atoms with E-state index in [0.717, 1.165) is 55.8 Å². The first-order valence-electron chi connectivity index (χ1n) is 10.8. The van der Waals surface area contributed by atoms with E-state index in [0.29, 0.717) is 36.5 Å². The maximum absolute atomic E-state index is 12.5. The van der Waals surface area contributed by atoms with Crippen molar-refractivity contribution in [3.05, 3.63) is 51.9 Å². The molecular formula is C24H32N2O5. The Kier molecular flexibility index (Phi) is 8.26. The van der Waals surface area contributed by atoms with Gasteiger partial charge in [-0.25, -0.2) is 4.79 Å². The van der Waals surface area contributed by atoms with Crippen LogP contribution in [0.1, 0.15) is 30.9 Å². The zero-order valence-corrected chi connectivity index (χ0v) is 18.5. The largest absolute Gasteiger partial charge is 0.489 e. The topological polar surface area (TPSA) is 81.0 Å². The summed E-state index contributed by atoms with van der Waals surface area (Å²) in [5.41, 5.74) is 2.39. The molecule has 168 valence electrons. The highest BCUT2D eigenvalue weighted by molar-refractivity contribution is 5.82. The number of carbonyl (C=O) groups excluding carboxylic acids is 1. The lowest BCUT2D eigenvalue weighted by atomic mass is 10.0. The summed E-state index contributed by atoms with van der Waals surface area (Å²) in [6.07, 6.45) is 1.51. The number of rotatable bonds is 10. The Morgan fingerprint density at radius 3 is 2.81 bits per heavy atom. The van der Waals surface area contributed by atoms with Crippen molar-refractivity contribution in [3.63, 3.8) is 0 Å². The van der Waals surface area contributed by atoms with Crippen LogP contribution in [-0.4, -0.2) is 56.8 Å². The van der Waals surface area contributed by atoms with E-state index in [1.165, 1.54) is 0 Å². The Balaban J connectivity index is 1.53. The minimum absolute atomic E-state index is 0.0515. The molecule has 1 aliphatic rings. The van der Waals surface area contributed by atoms with Gasteiger partial charge in [0.15, 0.2) is 0 Å². The summed E-state index contributed by atoms with van der Waals surface area (Å²) in [4.78, 5) is 27.1. The van der Waals surface area contributed by atoms with Crippen molar-refractivity contribution in [2.24, 2.45) is 0 Å². The lowest BCUT2D eigenvalue weighted by Crippen LogP contribution is -2.38. The molecule has 31 heavy (non-hydrogen) atoms. The molecule has 0 bridgehead atoms. The van der Waals surface area contributed by atoms with Crippen molar-refractivity contribution in [1.29, 1.82) is 0 Å². The number of amides is 1. The predicted molar refractivity (Wildman–Crippen MR) is 121 cm³/mol. The molecule has 0 saturated carbocycles. The minimum Gasteiger partial charge on any atom is -0.489 e. The molecule has 3 rings (SSSR count). The van der Waals surface area contributed by atoms with Gasteiger partial charge in [0.25, 0.3) is 0 Å². The molecule has 1 fully saturated rings. The van der Waals surface area contributed by atoms with E-state index in [1.807, 2.05) is 26.0 Å². The van der Waals surface area contributed by atoms with E-state index in [2.05, 4.69) is 16.8 Å². The Labute approximate surface area is 183 Å². The fourth-order valence-corrected chi connectivity index (χ4v) is 3.64. The summed E-state index contributed by atoms with van der Waals surface area (Å²) in [7, 11) is 0. The number of aryl methyl sites for hydroxylation is 1. The first-order valence-corrected chi connectivity index (χ1v) is 10.8. The number of ether oxygens (including phenoxy) is 2. The van der Waals surface area contributed by atoms with Crippen molar-refractivity contribution in [2.45, 2.75) is 33.1 Å². The number of fused-ring (bicyclic) bond motifs is 1. The highest BCUT2D eigenvalue weighted by Gasteiger charge is 2.14. The summed E-state index contributed by atoms with van der Waals surface area (Å²) >= 11 is 0. The highest BCUT2D eigenvalue weighted by atomic mass is 16.5. The van der Waals surface area contributed by atoms with Gasteiger partial charge < -0.3 is 19.2 Å². The van der Waals surface area contributed by atoms with Crippen LogP contribution in [0.2, 0.25) is 0 Å². The molecule has 0 unspecified atom stereocenters. The molecular weight excluding hydrogens is 396 g/mol. The van der Waals surface area contributed by atoms with E-state index in [1.54, 1.807) is 6.07 Å². The molecule has 0 radical (unpaired) electrons. The molecule has 0 aliphatic carbocycles. The van der Waals surface area contributed by atoms with Crippen molar-refractivity contribution in [2.75, 3.05) is 46.0 Å². The maximum Gasteiger partial charge on any atom is 0.339 e. The molecule has 1 amide bonds. The van der Waals surface area contributed by atoms with Crippen molar-refractivity contribution in [3.8, 4) is 5.75 Å². The van der Waals surface area contributed by atoms with E-state index < -0.39 is 5.63 Å². The third kappa shape index (κ3) is 6.67. The first kappa shape index (κ1) is 23.0. The number of carbonyl (C=O) groups is 1. The van der Waals surface area contributed by atoms with E-state index in [4.69, 9.17) is 13.9 Å². The van der Waals surface area contributed by atoms with Gasteiger partial charge in [-0.15, -0.1) is 0 Å². The summed E-state index contributed by atoms with van der Waals surface area (Å²) in [5.74, 6) is 0.576. The number of nitrogens with zero attached hydrogens (tertiary/aromatic N) is 1. The van der Waals surface area contributed by atoms with Crippen LogP contribution in [0.3, 0.4) is 0 Å². The molecule has 0 atom stereocenters. The van der Waals surface area contributed by atoms with E-state index in [-0.39, 0.29) is 12.3 Å². The second kappa shape index (κ2) is 11.1. The first-order chi connectivity index (χ1) is 14.9. The van der Waals surface area contributed by atoms with E-state index >= 15 is 0 Å². The van der Waals surface area contributed by atoms with Gasteiger partial charge in [-0.2, -0.15) is 0 Å². The molecule has 1 saturated heterocycles. The Bertz CT molecular complexity index is 976. The normalized spacial score (nSPS) is 14.5. The average molecular weight is 429 g/mol. The van der Waals surface area contributed by atoms with Crippen LogP contribution < -0.4 is 15.7 Å². The second-order valence-corrected chi connectivity index (χ2v) is 8.05. The number of nitrogens with one attached hydrogen (secondary N) is 1. The van der Waals surface area contributed by atoms with Crippen LogP contribution in [0, 0.1) is 6.92 Å². The summed E-state index contributed by atoms with van der Waals surface area (Å²) < 4.78 is 16.5. The third-order valence-electron chi connectivity index (χ3n) is 5.42. The summed E-state index contributed by atoms with van der Waals surface area (Å²) in [6.45, 7) is 13.1. The molecule has 1 N–H and O–H groups in total. The van der Waals surface area contributed by atoms with Crippen molar-refractivity contribution in [1.82, 2.24) is 10.2 Å². The monoisotopic (exact) mass is 428 g/mol. The van der Waals surface area contributed by atoms with Gasteiger partial charge >= 0.3 is 5.63 Å². The molecule has 7 heteroatoms. The zero-order valence-electron chi connectivity index (χ0n) is 18.5. The van der Waals surface area contributed by atoms with Crippen molar-refractivity contribution < 1.29 is 18.7 Å². The average Bonchev–Trinajstić information content (AvgIpc) is 2.75. The molecule has 0 spiro atoms. The molecule has 2 aromatic rings. The minimum atomic E-state index is -0.401. The standard InChI is InChI=1S/C24H32N2O5/c1-17(2)16-30-19-5-6-20-18(3)21(24(28)31-22(20)15-19)7-8-23(27)25-9-4-10-26-11-13-29-14-12-26/h5-6,15H,1,4,7-14,16H2,2-3H3,(H,25,27). The molecule has 7 nitrogen and oxygen atoms in total. The molecule has 1 aromatic heterocycles. The fraction of sp³-hybridized carbons (Fsp3) is 0.500. The van der Waals surface area contributed by atoms with Crippen molar-refractivity contribution >= 4 is 16.9 Å². The Morgan fingerprint density at radius 1 is 1.29 bits per heavy atom. The third-order valence-corrected chi connectivity index (χ3v) is 5.42. The van der Waals surface area contributed by atoms with E-state index in [9.17, 15) is 9.59 Å². The number of morpholine rings is 1.